The summed E-state index contributed by atoms with van der Waals surface area (Å²) < 4.78 is 14.3. The van der Waals surface area contributed by atoms with Crippen LogP contribution in [0.25, 0.3) is 10.2 Å². The fraction of sp³-hybridized carbons (Fsp3) is 0.458. The Kier molecular flexibility index (Phi) is 8.50. The van der Waals surface area contributed by atoms with Gasteiger partial charge in [0.1, 0.15) is 12.4 Å². The summed E-state index contributed by atoms with van der Waals surface area (Å²) in [6.07, 6.45) is 1.02. The van der Waals surface area contributed by atoms with Gasteiger partial charge in [-0.25, -0.2) is 4.98 Å². The van der Waals surface area contributed by atoms with E-state index in [1.54, 1.807) is 11.3 Å². The molecule has 0 aliphatic carbocycles. The summed E-state index contributed by atoms with van der Waals surface area (Å²) in [5.41, 5.74) is 2.32. The molecule has 0 amide bonds. The molecular formula is C24H29ClIN3O2S. The fourth-order valence-electron chi connectivity index (χ4n) is 3.95. The molecule has 1 aromatic heterocycles. The standard InChI is InChI=1S/C24H29ClIN3O2S/c1-3-17-5-7-20(26)22(13-17)31-12-11-28-9-10-29(15-19(28)16-30-4-2)24-27-21-8-6-18(25)14-23(21)32-24/h5-8,13-14,19H,3-4,9-12,15-16H2,1-2H3. The molecule has 1 aliphatic heterocycles. The SMILES string of the molecule is CCOCC1CN(c2nc3ccc(Cl)cc3s2)CCN1CCOc1cc(CC)ccc1I. The number of fused-ring (bicyclic) bond motifs is 1. The molecule has 1 aliphatic rings. The zero-order chi connectivity index (χ0) is 22.5. The highest BCUT2D eigenvalue weighted by Crippen LogP contribution is 2.32. The van der Waals surface area contributed by atoms with Crippen LogP contribution in [0.5, 0.6) is 5.75 Å². The van der Waals surface area contributed by atoms with Crippen LogP contribution < -0.4 is 9.64 Å². The van der Waals surface area contributed by atoms with E-state index in [0.29, 0.717) is 19.3 Å². The summed E-state index contributed by atoms with van der Waals surface area (Å²) in [5, 5.41) is 1.82. The molecular weight excluding hydrogens is 557 g/mol. The van der Waals surface area contributed by atoms with Crippen molar-refractivity contribution in [2.75, 3.05) is 50.9 Å². The number of piperazine rings is 1. The molecule has 0 spiro atoms. The van der Waals surface area contributed by atoms with Gasteiger partial charge < -0.3 is 14.4 Å². The Bertz CT molecular complexity index is 1050. The molecule has 32 heavy (non-hydrogen) atoms. The van der Waals surface area contributed by atoms with E-state index in [9.17, 15) is 0 Å². The van der Waals surface area contributed by atoms with E-state index in [1.807, 2.05) is 25.1 Å². The van der Waals surface area contributed by atoms with Crippen molar-refractivity contribution in [3.63, 3.8) is 0 Å². The van der Waals surface area contributed by atoms with E-state index >= 15 is 0 Å². The Morgan fingerprint density at radius 1 is 1.19 bits per heavy atom. The lowest BCUT2D eigenvalue weighted by Gasteiger charge is -2.41. The summed E-state index contributed by atoms with van der Waals surface area (Å²) in [5.74, 6) is 0.984. The summed E-state index contributed by atoms with van der Waals surface area (Å²) >= 11 is 10.2. The average molecular weight is 586 g/mol. The van der Waals surface area contributed by atoms with Crippen molar-refractivity contribution < 1.29 is 9.47 Å². The highest BCUT2D eigenvalue weighted by atomic mass is 127. The number of thiazole rings is 1. The predicted molar refractivity (Wildman–Crippen MR) is 143 cm³/mol. The monoisotopic (exact) mass is 585 g/mol. The van der Waals surface area contributed by atoms with E-state index in [-0.39, 0.29) is 0 Å². The average Bonchev–Trinajstić information content (AvgIpc) is 3.22. The van der Waals surface area contributed by atoms with E-state index in [0.717, 1.165) is 68.9 Å². The summed E-state index contributed by atoms with van der Waals surface area (Å²) in [6, 6.07) is 12.7. The van der Waals surface area contributed by atoms with Crippen molar-refractivity contribution in [1.29, 1.82) is 0 Å². The number of rotatable bonds is 9. The Morgan fingerprint density at radius 3 is 2.88 bits per heavy atom. The predicted octanol–water partition coefficient (Wildman–Crippen LogP) is 5.72. The first kappa shape index (κ1) is 24.0. The number of aryl methyl sites for hydroxylation is 1. The third-order valence-corrected chi connectivity index (χ3v) is 7.97. The molecule has 1 unspecified atom stereocenters. The minimum atomic E-state index is 0.309. The van der Waals surface area contributed by atoms with E-state index in [1.165, 1.54) is 5.56 Å². The van der Waals surface area contributed by atoms with Crippen molar-refractivity contribution in [2.45, 2.75) is 26.3 Å². The molecule has 2 aromatic carbocycles. The minimum absolute atomic E-state index is 0.309. The van der Waals surface area contributed by atoms with Crippen molar-refractivity contribution in [1.82, 2.24) is 9.88 Å². The Balaban J connectivity index is 1.39. The molecule has 4 rings (SSSR count). The van der Waals surface area contributed by atoms with Crippen molar-refractivity contribution in [2.24, 2.45) is 0 Å². The van der Waals surface area contributed by atoms with Gasteiger partial charge in [0.2, 0.25) is 0 Å². The molecule has 0 bridgehead atoms. The summed E-state index contributed by atoms with van der Waals surface area (Å²) in [4.78, 5) is 9.72. The second kappa shape index (κ2) is 11.3. The van der Waals surface area contributed by atoms with Crippen LogP contribution in [-0.4, -0.2) is 61.9 Å². The number of benzene rings is 2. The number of anilines is 1. The van der Waals surface area contributed by atoms with Crippen LogP contribution in [0.2, 0.25) is 5.02 Å². The van der Waals surface area contributed by atoms with Crippen LogP contribution in [0.4, 0.5) is 5.13 Å². The molecule has 0 radical (unpaired) electrons. The van der Waals surface area contributed by atoms with Crippen molar-refractivity contribution in [3.05, 3.63) is 50.6 Å². The third-order valence-electron chi connectivity index (χ3n) is 5.77. The van der Waals surface area contributed by atoms with Crippen molar-refractivity contribution in [3.8, 4) is 5.75 Å². The smallest absolute Gasteiger partial charge is 0.186 e. The zero-order valence-electron chi connectivity index (χ0n) is 18.5. The van der Waals surface area contributed by atoms with Gasteiger partial charge in [0.25, 0.3) is 0 Å². The van der Waals surface area contributed by atoms with E-state index in [2.05, 4.69) is 57.5 Å². The number of nitrogens with zero attached hydrogens (tertiary/aromatic N) is 3. The Labute approximate surface area is 212 Å². The number of hydrogen-bond donors (Lipinski definition) is 0. The summed E-state index contributed by atoms with van der Waals surface area (Å²) in [6.45, 7) is 10.0. The van der Waals surface area contributed by atoms with Gasteiger partial charge in [-0.15, -0.1) is 0 Å². The van der Waals surface area contributed by atoms with Gasteiger partial charge >= 0.3 is 0 Å². The number of aromatic nitrogens is 1. The van der Waals surface area contributed by atoms with Crippen molar-refractivity contribution >= 4 is 60.9 Å². The lowest BCUT2D eigenvalue weighted by molar-refractivity contribution is 0.0523. The van der Waals surface area contributed by atoms with Gasteiger partial charge in [-0.1, -0.05) is 35.9 Å². The molecule has 5 nitrogen and oxygen atoms in total. The second-order valence-electron chi connectivity index (χ2n) is 7.87. The zero-order valence-corrected chi connectivity index (χ0v) is 22.3. The number of halogens is 2. The second-order valence-corrected chi connectivity index (χ2v) is 10.5. The van der Waals surface area contributed by atoms with E-state index < -0.39 is 0 Å². The lowest BCUT2D eigenvalue weighted by atomic mass is 10.1. The molecule has 1 atom stereocenters. The van der Waals surface area contributed by atoms with Gasteiger partial charge in [-0.2, -0.15) is 0 Å². The third kappa shape index (κ3) is 5.86. The fourth-order valence-corrected chi connectivity index (χ4v) is 5.71. The Morgan fingerprint density at radius 2 is 2.06 bits per heavy atom. The molecule has 3 aromatic rings. The largest absolute Gasteiger partial charge is 0.491 e. The molecule has 0 saturated carbocycles. The normalized spacial score (nSPS) is 17.2. The molecule has 1 saturated heterocycles. The molecule has 2 heterocycles. The van der Waals surface area contributed by atoms with Crippen LogP contribution >= 0.6 is 45.5 Å². The van der Waals surface area contributed by atoms with Crippen LogP contribution in [0.15, 0.2) is 36.4 Å². The van der Waals surface area contributed by atoms with Gasteiger partial charge in [-0.3, -0.25) is 4.90 Å². The number of ether oxygens (including phenoxy) is 2. The maximum absolute atomic E-state index is 6.17. The van der Waals surface area contributed by atoms with Gasteiger partial charge in [-0.05, 0) is 71.8 Å². The molecule has 1 fully saturated rings. The topological polar surface area (TPSA) is 37.8 Å². The summed E-state index contributed by atoms with van der Waals surface area (Å²) in [7, 11) is 0. The molecule has 0 N–H and O–H groups in total. The number of hydrogen-bond acceptors (Lipinski definition) is 6. The molecule has 8 heteroatoms. The highest BCUT2D eigenvalue weighted by Gasteiger charge is 2.28. The van der Waals surface area contributed by atoms with Crippen LogP contribution in [0.3, 0.4) is 0 Å². The maximum Gasteiger partial charge on any atom is 0.186 e. The first-order valence-corrected chi connectivity index (χ1v) is 13.4. The van der Waals surface area contributed by atoms with Crippen LogP contribution in [-0.2, 0) is 11.2 Å². The van der Waals surface area contributed by atoms with Crippen LogP contribution in [0.1, 0.15) is 19.4 Å². The first-order chi connectivity index (χ1) is 15.6. The maximum atomic E-state index is 6.17. The molecule has 172 valence electrons. The van der Waals surface area contributed by atoms with Crippen LogP contribution in [0, 0.1) is 3.57 Å². The minimum Gasteiger partial charge on any atom is -0.491 e. The van der Waals surface area contributed by atoms with Gasteiger partial charge in [0, 0.05) is 37.8 Å². The Hall–Kier alpha value is -1.13. The van der Waals surface area contributed by atoms with Gasteiger partial charge in [0.05, 0.1) is 26.4 Å². The first-order valence-electron chi connectivity index (χ1n) is 11.1. The highest BCUT2D eigenvalue weighted by molar-refractivity contribution is 14.1. The van der Waals surface area contributed by atoms with E-state index in [4.69, 9.17) is 26.1 Å². The quantitative estimate of drug-likeness (QED) is 0.300. The van der Waals surface area contributed by atoms with Gasteiger partial charge in [0.15, 0.2) is 5.13 Å². The lowest BCUT2D eigenvalue weighted by Crippen LogP contribution is -2.56.